The van der Waals surface area contributed by atoms with Crippen molar-refractivity contribution in [2.24, 2.45) is 23.7 Å². The van der Waals surface area contributed by atoms with Gasteiger partial charge in [0.15, 0.2) is 6.61 Å². The highest BCUT2D eigenvalue weighted by Crippen LogP contribution is 2.60. The molecule has 0 radical (unpaired) electrons. The van der Waals surface area contributed by atoms with Crippen LogP contribution in [0, 0.1) is 30.6 Å². The van der Waals surface area contributed by atoms with Crippen molar-refractivity contribution in [1.82, 2.24) is 0 Å². The maximum Gasteiger partial charge on any atom is 0.310 e. The van der Waals surface area contributed by atoms with Gasteiger partial charge in [0.25, 0.3) is 5.91 Å². The molecule has 2 saturated carbocycles. The van der Waals surface area contributed by atoms with Gasteiger partial charge in [-0.1, -0.05) is 33.6 Å². The van der Waals surface area contributed by atoms with Crippen LogP contribution in [0.3, 0.4) is 0 Å². The van der Waals surface area contributed by atoms with Gasteiger partial charge in [0.1, 0.15) is 6.10 Å². The molecular weight excluding hydrogens is 426 g/mol. The number of esters is 2. The molecule has 26 heavy (non-hydrogen) atoms. The molecule has 0 aromatic heterocycles. The van der Waals surface area contributed by atoms with Crippen molar-refractivity contribution < 1.29 is 23.9 Å². The van der Waals surface area contributed by atoms with Crippen molar-refractivity contribution in [3.63, 3.8) is 0 Å². The lowest BCUT2D eigenvalue weighted by molar-refractivity contribution is -0.157. The average Bonchev–Trinajstić information content (AvgIpc) is 3.20. The number of amides is 1. The molecule has 1 aromatic rings. The van der Waals surface area contributed by atoms with Crippen molar-refractivity contribution in [3.05, 3.63) is 28.8 Å². The Morgan fingerprint density at radius 2 is 2.15 bits per heavy atom. The van der Waals surface area contributed by atoms with E-state index in [-0.39, 0.29) is 28.7 Å². The van der Waals surface area contributed by atoms with Crippen LogP contribution in [0.15, 0.2) is 18.2 Å². The first-order chi connectivity index (χ1) is 12.4. The maximum absolute atomic E-state index is 12.5. The topological polar surface area (TPSA) is 81.7 Å². The minimum absolute atomic E-state index is 0.00733. The van der Waals surface area contributed by atoms with E-state index in [1.54, 1.807) is 18.2 Å². The summed E-state index contributed by atoms with van der Waals surface area (Å²) in [6.07, 6.45) is 0.626. The number of halogens is 2. The number of carbonyl (C=O) groups excluding carboxylic acids is 3. The van der Waals surface area contributed by atoms with Gasteiger partial charge >= 0.3 is 11.9 Å². The number of hydrogen-bond donors (Lipinski definition) is 1. The van der Waals surface area contributed by atoms with Gasteiger partial charge in [-0.2, -0.15) is 0 Å². The third-order valence-corrected chi connectivity index (χ3v) is 7.20. The van der Waals surface area contributed by atoms with E-state index < -0.39 is 30.3 Å². The summed E-state index contributed by atoms with van der Waals surface area (Å²) < 4.78 is 10.6. The molecule has 1 aliphatic heterocycles. The van der Waals surface area contributed by atoms with E-state index in [1.807, 2.05) is 6.92 Å². The van der Waals surface area contributed by atoms with Gasteiger partial charge in [-0.3, -0.25) is 14.4 Å². The Morgan fingerprint density at radius 3 is 2.88 bits per heavy atom. The standard InChI is InChI=1S/C18H17BrClNO5/c1-7-2-3-8(4-11(7)20)21-12(22)6-25-17(23)13-9-5-10-14(13)18(24)26-16(10)15(9)19/h2-4,9-10,13-16H,5-6H2,1H3,(H,21,22)/t9-,10-,13-,14-,15+,16+/m1/s1. The second kappa shape index (κ2) is 6.53. The third-order valence-electron chi connectivity index (χ3n) is 5.60. The molecule has 1 heterocycles. The Balaban J connectivity index is 1.36. The van der Waals surface area contributed by atoms with Crippen molar-refractivity contribution in [2.75, 3.05) is 11.9 Å². The molecule has 1 saturated heterocycles. The van der Waals surface area contributed by atoms with E-state index >= 15 is 0 Å². The number of carbonyl (C=O) groups is 3. The molecule has 3 aliphatic rings. The SMILES string of the molecule is Cc1ccc(NC(=O)COC(=O)[C@@H]2[C@H]3C[C@H]4[C@H](OC(=O)[C@H]42)[C@H]3Br)cc1Cl. The van der Waals surface area contributed by atoms with Gasteiger partial charge < -0.3 is 14.8 Å². The number of nitrogens with one attached hydrogen (secondary N) is 1. The van der Waals surface area contributed by atoms with Crippen LogP contribution in [-0.4, -0.2) is 35.4 Å². The van der Waals surface area contributed by atoms with Crippen LogP contribution in [0.2, 0.25) is 5.02 Å². The van der Waals surface area contributed by atoms with Gasteiger partial charge in [0.2, 0.25) is 0 Å². The molecule has 1 amide bonds. The fourth-order valence-corrected chi connectivity index (χ4v) is 5.62. The van der Waals surface area contributed by atoms with Gasteiger partial charge in [0, 0.05) is 16.6 Å². The monoisotopic (exact) mass is 441 g/mol. The molecule has 1 N–H and O–H groups in total. The summed E-state index contributed by atoms with van der Waals surface area (Å²) in [6, 6.07) is 5.15. The zero-order valence-corrected chi connectivity index (χ0v) is 16.2. The second-order valence-corrected chi connectivity index (χ2v) is 8.55. The van der Waals surface area contributed by atoms with Crippen LogP contribution in [0.25, 0.3) is 0 Å². The Bertz CT molecular complexity index is 800. The molecule has 6 nitrogen and oxygen atoms in total. The Kier molecular flexibility index (Phi) is 4.47. The molecule has 6 atom stereocenters. The fourth-order valence-electron chi connectivity index (χ4n) is 4.39. The summed E-state index contributed by atoms with van der Waals surface area (Å²) in [5.74, 6) is -2.21. The lowest BCUT2D eigenvalue weighted by Crippen LogP contribution is -2.39. The molecule has 1 aromatic carbocycles. The summed E-state index contributed by atoms with van der Waals surface area (Å²) in [7, 11) is 0. The summed E-state index contributed by atoms with van der Waals surface area (Å²) >= 11 is 9.57. The number of ether oxygens (including phenoxy) is 2. The first-order valence-corrected chi connectivity index (χ1v) is 9.73. The third kappa shape index (κ3) is 2.81. The molecule has 3 fully saturated rings. The van der Waals surface area contributed by atoms with E-state index in [9.17, 15) is 14.4 Å². The molecule has 138 valence electrons. The lowest BCUT2D eigenvalue weighted by Gasteiger charge is -2.26. The Hall–Kier alpha value is -1.60. The van der Waals surface area contributed by atoms with Crippen LogP contribution in [0.4, 0.5) is 5.69 Å². The number of hydrogen-bond acceptors (Lipinski definition) is 5. The number of alkyl halides is 1. The normalized spacial score (nSPS) is 33.9. The van der Waals surface area contributed by atoms with Crippen molar-refractivity contribution in [1.29, 1.82) is 0 Å². The van der Waals surface area contributed by atoms with Gasteiger partial charge in [-0.15, -0.1) is 0 Å². The number of aryl methyl sites for hydroxylation is 1. The van der Waals surface area contributed by atoms with E-state index in [0.29, 0.717) is 10.7 Å². The Morgan fingerprint density at radius 1 is 1.38 bits per heavy atom. The number of rotatable bonds is 4. The second-order valence-electron chi connectivity index (χ2n) is 7.08. The highest BCUT2D eigenvalue weighted by molar-refractivity contribution is 9.09. The van der Waals surface area contributed by atoms with E-state index in [1.165, 1.54) is 0 Å². The van der Waals surface area contributed by atoms with E-state index in [4.69, 9.17) is 21.1 Å². The summed E-state index contributed by atoms with van der Waals surface area (Å²) in [5.41, 5.74) is 1.43. The predicted octanol–water partition coefficient (Wildman–Crippen LogP) is 2.70. The first-order valence-electron chi connectivity index (χ1n) is 8.44. The maximum atomic E-state index is 12.5. The molecule has 4 rings (SSSR count). The largest absolute Gasteiger partial charge is 0.461 e. The Labute approximate surface area is 163 Å². The summed E-state index contributed by atoms with van der Waals surface area (Å²) in [6.45, 7) is 1.46. The first kappa shape index (κ1) is 17.8. The average molecular weight is 443 g/mol. The fraction of sp³-hybridized carbons (Fsp3) is 0.500. The molecule has 2 bridgehead atoms. The van der Waals surface area contributed by atoms with Gasteiger partial charge in [-0.05, 0) is 37.0 Å². The highest BCUT2D eigenvalue weighted by Gasteiger charge is 2.68. The summed E-state index contributed by atoms with van der Waals surface area (Å²) in [4.78, 5) is 36.6. The van der Waals surface area contributed by atoms with Gasteiger partial charge in [-0.25, -0.2) is 0 Å². The molecular formula is C18H17BrClNO5. The predicted molar refractivity (Wildman–Crippen MR) is 96.9 cm³/mol. The van der Waals surface area contributed by atoms with Crippen LogP contribution >= 0.6 is 27.5 Å². The lowest BCUT2D eigenvalue weighted by atomic mass is 9.80. The van der Waals surface area contributed by atoms with E-state index in [0.717, 1.165) is 12.0 Å². The van der Waals surface area contributed by atoms with Crippen LogP contribution < -0.4 is 5.32 Å². The van der Waals surface area contributed by atoms with Crippen molar-refractivity contribution in [3.8, 4) is 0 Å². The molecule has 0 spiro atoms. The van der Waals surface area contributed by atoms with E-state index in [2.05, 4.69) is 21.2 Å². The van der Waals surface area contributed by atoms with Gasteiger partial charge in [0.05, 0.1) is 16.7 Å². The molecule has 8 heteroatoms. The zero-order valence-electron chi connectivity index (χ0n) is 13.9. The summed E-state index contributed by atoms with van der Waals surface area (Å²) in [5, 5.41) is 3.18. The van der Waals surface area contributed by atoms with Crippen LogP contribution in [0.5, 0.6) is 0 Å². The van der Waals surface area contributed by atoms with Crippen LogP contribution in [-0.2, 0) is 23.9 Å². The minimum Gasteiger partial charge on any atom is -0.461 e. The smallest absolute Gasteiger partial charge is 0.310 e. The number of benzene rings is 1. The molecule has 0 unspecified atom stereocenters. The highest BCUT2D eigenvalue weighted by atomic mass is 79.9. The van der Waals surface area contributed by atoms with Crippen LogP contribution in [0.1, 0.15) is 12.0 Å². The molecule has 2 aliphatic carbocycles. The van der Waals surface area contributed by atoms with Crippen molar-refractivity contribution >= 4 is 51.1 Å². The number of anilines is 1. The zero-order chi connectivity index (χ0) is 18.6. The number of fused-ring (bicyclic) bond motifs is 1. The quantitative estimate of drug-likeness (QED) is 0.573. The minimum atomic E-state index is -0.544. The van der Waals surface area contributed by atoms with Crippen molar-refractivity contribution in [2.45, 2.75) is 24.3 Å².